The Morgan fingerprint density at radius 2 is 0.964 bits per heavy atom. The topological polar surface area (TPSA) is 78.9 Å². The Bertz CT molecular complexity index is 421. The monoisotopic (exact) mass is 400 g/mol. The molecular weight excluding hydrogens is 360 g/mol. The molecule has 0 N–H and O–H groups in total. The molecule has 1 unspecified atom stereocenters. The van der Waals surface area contributed by atoms with Crippen LogP contribution in [0.2, 0.25) is 0 Å². The third kappa shape index (κ3) is 15.5. The van der Waals surface area contributed by atoms with E-state index >= 15 is 0 Å². The summed E-state index contributed by atoms with van der Waals surface area (Å²) in [7, 11) is 0. The average Bonchev–Trinajstić information content (AvgIpc) is 2.65. The predicted octanol–water partition coefficient (Wildman–Crippen LogP) is 4.97. The third-order valence-corrected chi connectivity index (χ3v) is 4.60. The van der Waals surface area contributed by atoms with Crippen LogP contribution < -0.4 is 0 Å². The maximum absolute atomic E-state index is 12.2. The van der Waals surface area contributed by atoms with Gasteiger partial charge in [0.05, 0.1) is 25.7 Å². The molecule has 0 saturated carbocycles. The van der Waals surface area contributed by atoms with E-state index in [1.165, 1.54) is 0 Å². The van der Waals surface area contributed by atoms with Crippen molar-refractivity contribution in [2.75, 3.05) is 19.8 Å². The molecule has 1 atom stereocenters. The number of carbonyl (C=O) groups excluding carboxylic acids is 3. The molecule has 6 heteroatoms. The number of rotatable bonds is 18. The van der Waals surface area contributed by atoms with E-state index in [1.54, 1.807) is 0 Å². The van der Waals surface area contributed by atoms with Crippen molar-refractivity contribution in [3.63, 3.8) is 0 Å². The lowest BCUT2D eigenvalue weighted by Gasteiger charge is -2.15. The highest BCUT2D eigenvalue weighted by atomic mass is 16.5. The first-order valence-corrected chi connectivity index (χ1v) is 11.0. The van der Waals surface area contributed by atoms with E-state index in [0.717, 1.165) is 64.2 Å². The van der Waals surface area contributed by atoms with Gasteiger partial charge in [0.1, 0.15) is 0 Å². The van der Waals surface area contributed by atoms with Crippen LogP contribution in [0.4, 0.5) is 0 Å². The van der Waals surface area contributed by atoms with E-state index in [0.29, 0.717) is 32.7 Å². The number of hydrogen-bond acceptors (Lipinski definition) is 6. The van der Waals surface area contributed by atoms with Gasteiger partial charge in [0, 0.05) is 12.8 Å². The van der Waals surface area contributed by atoms with Gasteiger partial charge in [0.2, 0.25) is 0 Å². The van der Waals surface area contributed by atoms with Gasteiger partial charge < -0.3 is 14.2 Å². The first-order valence-electron chi connectivity index (χ1n) is 11.0. The average molecular weight is 401 g/mol. The molecule has 0 bridgehead atoms. The SMILES string of the molecule is CCOC(=O)CCCCCCCC(CCCCCC(=O)OCC)C(=O)OCC. The van der Waals surface area contributed by atoms with Crippen molar-refractivity contribution in [1.29, 1.82) is 0 Å². The summed E-state index contributed by atoms with van der Waals surface area (Å²) in [4.78, 5) is 34.8. The van der Waals surface area contributed by atoms with Crippen molar-refractivity contribution in [2.24, 2.45) is 5.92 Å². The number of carbonyl (C=O) groups is 3. The summed E-state index contributed by atoms with van der Waals surface area (Å²) in [5, 5.41) is 0. The van der Waals surface area contributed by atoms with Crippen LogP contribution in [0.15, 0.2) is 0 Å². The first kappa shape index (κ1) is 26.4. The van der Waals surface area contributed by atoms with Gasteiger partial charge in [-0.25, -0.2) is 0 Å². The molecule has 0 heterocycles. The van der Waals surface area contributed by atoms with Crippen molar-refractivity contribution in [3.8, 4) is 0 Å². The molecule has 28 heavy (non-hydrogen) atoms. The number of unbranched alkanes of at least 4 members (excludes halogenated alkanes) is 6. The lowest BCUT2D eigenvalue weighted by atomic mass is 9.94. The van der Waals surface area contributed by atoms with Crippen molar-refractivity contribution in [1.82, 2.24) is 0 Å². The molecule has 0 aromatic rings. The summed E-state index contributed by atoms with van der Waals surface area (Å²) in [6.45, 7) is 6.73. The molecule has 0 radical (unpaired) electrons. The Hall–Kier alpha value is -1.59. The molecule has 164 valence electrons. The highest BCUT2D eigenvalue weighted by Crippen LogP contribution is 2.20. The van der Waals surface area contributed by atoms with Crippen molar-refractivity contribution < 1.29 is 28.6 Å². The number of esters is 3. The smallest absolute Gasteiger partial charge is 0.308 e. The minimum atomic E-state index is -0.146. The second-order valence-corrected chi connectivity index (χ2v) is 6.96. The largest absolute Gasteiger partial charge is 0.466 e. The van der Waals surface area contributed by atoms with Crippen LogP contribution in [0.5, 0.6) is 0 Å². The van der Waals surface area contributed by atoms with Gasteiger partial charge in [-0.05, 0) is 46.5 Å². The lowest BCUT2D eigenvalue weighted by molar-refractivity contribution is -0.149. The molecular formula is C22H40O6. The fourth-order valence-corrected chi connectivity index (χ4v) is 3.13. The number of hydrogen-bond donors (Lipinski definition) is 0. The molecule has 0 aliphatic carbocycles. The molecule has 0 aromatic heterocycles. The summed E-state index contributed by atoms with van der Waals surface area (Å²) < 4.78 is 15.0. The van der Waals surface area contributed by atoms with Crippen molar-refractivity contribution in [2.45, 2.75) is 97.8 Å². The highest BCUT2D eigenvalue weighted by Gasteiger charge is 2.19. The Labute approximate surface area is 170 Å². The summed E-state index contributed by atoms with van der Waals surface area (Å²) in [5.41, 5.74) is 0. The van der Waals surface area contributed by atoms with Gasteiger partial charge in [0.15, 0.2) is 0 Å². The van der Waals surface area contributed by atoms with E-state index < -0.39 is 0 Å². The minimum Gasteiger partial charge on any atom is -0.466 e. The second-order valence-electron chi connectivity index (χ2n) is 6.96. The Kier molecular flexibility index (Phi) is 17.7. The van der Waals surface area contributed by atoms with Gasteiger partial charge in [0.25, 0.3) is 0 Å². The van der Waals surface area contributed by atoms with Gasteiger partial charge in [-0.15, -0.1) is 0 Å². The van der Waals surface area contributed by atoms with Crippen LogP contribution in [0.25, 0.3) is 0 Å². The normalized spacial score (nSPS) is 11.7. The molecule has 0 aromatic carbocycles. The van der Waals surface area contributed by atoms with Gasteiger partial charge in [-0.3, -0.25) is 14.4 Å². The highest BCUT2D eigenvalue weighted by molar-refractivity contribution is 5.72. The maximum Gasteiger partial charge on any atom is 0.308 e. The molecule has 0 amide bonds. The quantitative estimate of drug-likeness (QED) is 0.183. The minimum absolute atomic E-state index is 0.0536. The summed E-state index contributed by atoms with van der Waals surface area (Å²) >= 11 is 0. The second kappa shape index (κ2) is 18.8. The van der Waals surface area contributed by atoms with Crippen LogP contribution >= 0.6 is 0 Å². The Morgan fingerprint density at radius 3 is 1.43 bits per heavy atom. The van der Waals surface area contributed by atoms with Crippen LogP contribution in [0.1, 0.15) is 97.8 Å². The van der Waals surface area contributed by atoms with Crippen molar-refractivity contribution in [3.05, 3.63) is 0 Å². The van der Waals surface area contributed by atoms with Gasteiger partial charge in [-0.2, -0.15) is 0 Å². The molecule has 0 saturated heterocycles. The van der Waals surface area contributed by atoms with E-state index in [1.807, 2.05) is 20.8 Å². The summed E-state index contributed by atoms with van der Waals surface area (Å²) in [5.74, 6) is -0.419. The molecule has 6 nitrogen and oxygen atoms in total. The van der Waals surface area contributed by atoms with E-state index in [4.69, 9.17) is 14.2 Å². The molecule has 0 aliphatic rings. The third-order valence-electron chi connectivity index (χ3n) is 4.60. The predicted molar refractivity (Wildman–Crippen MR) is 109 cm³/mol. The zero-order valence-electron chi connectivity index (χ0n) is 18.1. The molecule has 0 aliphatic heterocycles. The Balaban J connectivity index is 3.92. The van der Waals surface area contributed by atoms with Crippen LogP contribution in [-0.2, 0) is 28.6 Å². The standard InChI is InChI=1S/C22H40O6/c1-4-26-20(23)17-13-9-7-8-11-15-19(22(25)28-6-3)16-12-10-14-18-21(24)27-5-2/h19H,4-18H2,1-3H3. The van der Waals surface area contributed by atoms with E-state index in [-0.39, 0.29) is 23.8 Å². The fourth-order valence-electron chi connectivity index (χ4n) is 3.13. The van der Waals surface area contributed by atoms with Crippen LogP contribution in [0.3, 0.4) is 0 Å². The summed E-state index contributed by atoms with van der Waals surface area (Å²) in [6, 6.07) is 0. The Morgan fingerprint density at radius 1 is 0.571 bits per heavy atom. The van der Waals surface area contributed by atoms with Crippen LogP contribution in [-0.4, -0.2) is 37.7 Å². The summed E-state index contributed by atoms with van der Waals surface area (Å²) in [6.07, 6.45) is 10.2. The fraction of sp³-hybridized carbons (Fsp3) is 0.864. The maximum atomic E-state index is 12.2. The molecule has 0 fully saturated rings. The van der Waals surface area contributed by atoms with Gasteiger partial charge >= 0.3 is 17.9 Å². The lowest BCUT2D eigenvalue weighted by Crippen LogP contribution is -2.18. The molecule has 0 spiro atoms. The zero-order chi connectivity index (χ0) is 21.0. The zero-order valence-corrected chi connectivity index (χ0v) is 18.1. The van der Waals surface area contributed by atoms with Gasteiger partial charge in [-0.1, -0.05) is 38.5 Å². The molecule has 0 rings (SSSR count). The first-order chi connectivity index (χ1) is 13.5. The van der Waals surface area contributed by atoms with E-state index in [9.17, 15) is 14.4 Å². The number of ether oxygens (including phenoxy) is 3. The van der Waals surface area contributed by atoms with E-state index in [2.05, 4.69) is 0 Å². The van der Waals surface area contributed by atoms with Crippen LogP contribution in [0, 0.1) is 5.92 Å². The van der Waals surface area contributed by atoms with Crippen molar-refractivity contribution >= 4 is 17.9 Å².